The van der Waals surface area contributed by atoms with Crippen molar-refractivity contribution in [3.63, 3.8) is 0 Å². The number of carbonyl (C=O) groups excluding carboxylic acids is 1. The van der Waals surface area contributed by atoms with E-state index in [4.69, 9.17) is 10.2 Å². The summed E-state index contributed by atoms with van der Waals surface area (Å²) >= 11 is 0. The molecular formula is C12H20N2O4. The Labute approximate surface area is 106 Å². The average molecular weight is 256 g/mol. The zero-order valence-electron chi connectivity index (χ0n) is 10.6. The Hall–Kier alpha value is -1.30. The summed E-state index contributed by atoms with van der Waals surface area (Å²) in [4.78, 5) is 26.7. The van der Waals surface area contributed by atoms with Crippen LogP contribution in [0.5, 0.6) is 0 Å². The van der Waals surface area contributed by atoms with Crippen molar-refractivity contribution in [3.8, 4) is 0 Å². The zero-order valence-corrected chi connectivity index (χ0v) is 10.6. The molecule has 2 heterocycles. The molecule has 3 unspecified atom stereocenters. The number of carbonyl (C=O) groups is 2. The molecule has 0 aliphatic carbocycles. The molecule has 0 spiro atoms. The monoisotopic (exact) mass is 256 g/mol. The first-order valence-electron chi connectivity index (χ1n) is 6.43. The highest BCUT2D eigenvalue weighted by atomic mass is 16.4. The molecule has 2 aliphatic heterocycles. The summed E-state index contributed by atoms with van der Waals surface area (Å²) < 4.78 is 0. The number of aliphatic hydroxyl groups is 1. The van der Waals surface area contributed by atoms with Gasteiger partial charge in [0.15, 0.2) is 0 Å². The number of amides is 2. The summed E-state index contributed by atoms with van der Waals surface area (Å²) in [6.07, 6.45) is 1.35. The van der Waals surface area contributed by atoms with Gasteiger partial charge in [-0.15, -0.1) is 0 Å². The first-order valence-corrected chi connectivity index (χ1v) is 6.43. The lowest BCUT2D eigenvalue weighted by Crippen LogP contribution is -2.45. The van der Waals surface area contributed by atoms with E-state index in [1.807, 2.05) is 0 Å². The van der Waals surface area contributed by atoms with Crippen LogP contribution in [0.15, 0.2) is 0 Å². The summed E-state index contributed by atoms with van der Waals surface area (Å²) in [7, 11) is 0. The lowest BCUT2D eigenvalue weighted by atomic mass is 10.0. The van der Waals surface area contributed by atoms with Crippen molar-refractivity contribution < 1.29 is 19.8 Å². The Morgan fingerprint density at radius 2 is 2.00 bits per heavy atom. The van der Waals surface area contributed by atoms with E-state index in [1.165, 1.54) is 0 Å². The predicted octanol–water partition coefficient (Wildman–Crippen LogP) is 0.216. The van der Waals surface area contributed by atoms with Crippen LogP contribution in [0.1, 0.15) is 19.8 Å². The summed E-state index contributed by atoms with van der Waals surface area (Å²) in [5, 5.41) is 18.1. The Morgan fingerprint density at radius 1 is 1.28 bits per heavy atom. The largest absolute Gasteiger partial charge is 0.481 e. The third-order valence-corrected chi connectivity index (χ3v) is 4.13. The number of aliphatic hydroxyl groups excluding tert-OH is 1. The molecule has 2 fully saturated rings. The Morgan fingerprint density at radius 3 is 2.50 bits per heavy atom. The summed E-state index contributed by atoms with van der Waals surface area (Å²) in [5.74, 6) is -1.11. The summed E-state index contributed by atoms with van der Waals surface area (Å²) in [5.41, 5.74) is 0. The minimum Gasteiger partial charge on any atom is -0.481 e. The highest BCUT2D eigenvalue weighted by molar-refractivity contribution is 5.78. The van der Waals surface area contributed by atoms with Gasteiger partial charge in [0.1, 0.15) is 0 Å². The van der Waals surface area contributed by atoms with Crippen LogP contribution in [0, 0.1) is 11.8 Å². The van der Waals surface area contributed by atoms with Crippen molar-refractivity contribution in [1.29, 1.82) is 0 Å². The topological polar surface area (TPSA) is 81.1 Å². The summed E-state index contributed by atoms with van der Waals surface area (Å²) in [6, 6.07) is -0.328. The molecule has 0 aromatic heterocycles. The van der Waals surface area contributed by atoms with Crippen molar-refractivity contribution in [1.82, 2.24) is 9.80 Å². The maximum atomic E-state index is 12.3. The number of hydrogen-bond donors (Lipinski definition) is 2. The van der Waals surface area contributed by atoms with Crippen molar-refractivity contribution in [2.24, 2.45) is 11.8 Å². The molecule has 0 saturated carbocycles. The van der Waals surface area contributed by atoms with Crippen molar-refractivity contribution in [3.05, 3.63) is 0 Å². The normalized spacial score (nSPS) is 32.0. The van der Waals surface area contributed by atoms with Crippen LogP contribution < -0.4 is 0 Å². The molecular weight excluding hydrogens is 236 g/mol. The number of nitrogens with zero attached hydrogens (tertiary/aromatic N) is 2. The number of likely N-dealkylation sites (tertiary alicyclic amines) is 2. The van der Waals surface area contributed by atoms with E-state index in [-0.39, 0.29) is 24.6 Å². The Kier molecular flexibility index (Phi) is 3.75. The highest BCUT2D eigenvalue weighted by Gasteiger charge is 2.40. The van der Waals surface area contributed by atoms with Crippen molar-refractivity contribution in [2.75, 3.05) is 26.2 Å². The van der Waals surface area contributed by atoms with Gasteiger partial charge in [-0.25, -0.2) is 4.79 Å². The van der Waals surface area contributed by atoms with Gasteiger partial charge in [0.25, 0.3) is 0 Å². The molecule has 0 aromatic carbocycles. The minimum absolute atomic E-state index is 0.0813. The third-order valence-electron chi connectivity index (χ3n) is 4.13. The fraction of sp³-hybridized carbons (Fsp3) is 0.833. The molecule has 6 heteroatoms. The maximum absolute atomic E-state index is 12.3. The predicted molar refractivity (Wildman–Crippen MR) is 64.1 cm³/mol. The Balaban J connectivity index is 1.96. The van der Waals surface area contributed by atoms with E-state index >= 15 is 0 Å². The van der Waals surface area contributed by atoms with Crippen LogP contribution in [-0.4, -0.2) is 64.3 Å². The molecule has 2 N–H and O–H groups in total. The van der Waals surface area contributed by atoms with Crippen molar-refractivity contribution in [2.45, 2.75) is 25.8 Å². The van der Waals surface area contributed by atoms with Crippen LogP contribution in [0.25, 0.3) is 0 Å². The first-order chi connectivity index (χ1) is 8.54. The van der Waals surface area contributed by atoms with Gasteiger partial charge in [-0.05, 0) is 19.8 Å². The molecule has 2 saturated heterocycles. The first kappa shape index (κ1) is 13.1. The molecule has 2 amide bonds. The van der Waals surface area contributed by atoms with Crippen LogP contribution in [0.4, 0.5) is 4.79 Å². The van der Waals surface area contributed by atoms with E-state index in [9.17, 15) is 9.59 Å². The van der Waals surface area contributed by atoms with Gasteiger partial charge in [-0.3, -0.25) is 4.79 Å². The van der Waals surface area contributed by atoms with Gasteiger partial charge in [0, 0.05) is 38.2 Å². The maximum Gasteiger partial charge on any atom is 0.320 e. The molecule has 102 valence electrons. The standard InChI is InChI=1S/C12H20N2O4/c1-8-10(11(16)17)3-5-14(8)12(18)13-4-2-9(6-13)7-15/h8-10,15H,2-7H2,1H3,(H,16,17). The van der Waals surface area contributed by atoms with Gasteiger partial charge in [-0.2, -0.15) is 0 Å². The van der Waals surface area contributed by atoms with E-state index in [2.05, 4.69) is 0 Å². The number of carboxylic acid groups (broad SMARTS) is 1. The Bertz CT molecular complexity index is 347. The second-order valence-corrected chi connectivity index (χ2v) is 5.23. The summed E-state index contributed by atoms with van der Waals surface area (Å²) in [6.45, 7) is 3.65. The number of rotatable bonds is 2. The van der Waals surface area contributed by atoms with Gasteiger partial charge < -0.3 is 20.0 Å². The number of carboxylic acids is 1. The lowest BCUT2D eigenvalue weighted by molar-refractivity contribution is -0.142. The van der Waals surface area contributed by atoms with E-state index < -0.39 is 11.9 Å². The molecule has 6 nitrogen and oxygen atoms in total. The fourth-order valence-corrected chi connectivity index (χ4v) is 2.88. The van der Waals surface area contributed by atoms with Crippen LogP contribution >= 0.6 is 0 Å². The quantitative estimate of drug-likeness (QED) is 0.740. The van der Waals surface area contributed by atoms with E-state index in [0.717, 1.165) is 6.42 Å². The molecule has 2 aliphatic rings. The van der Waals surface area contributed by atoms with Gasteiger partial charge in [0.05, 0.1) is 5.92 Å². The molecule has 2 rings (SSSR count). The minimum atomic E-state index is -0.826. The van der Waals surface area contributed by atoms with E-state index in [0.29, 0.717) is 26.1 Å². The number of urea groups is 1. The highest BCUT2D eigenvalue weighted by Crippen LogP contribution is 2.27. The van der Waals surface area contributed by atoms with Crippen LogP contribution in [-0.2, 0) is 4.79 Å². The van der Waals surface area contributed by atoms with Crippen LogP contribution in [0.2, 0.25) is 0 Å². The molecule has 3 atom stereocenters. The van der Waals surface area contributed by atoms with Crippen LogP contribution in [0.3, 0.4) is 0 Å². The molecule has 0 radical (unpaired) electrons. The smallest absolute Gasteiger partial charge is 0.320 e. The molecule has 0 bridgehead atoms. The number of hydrogen-bond acceptors (Lipinski definition) is 3. The van der Waals surface area contributed by atoms with Gasteiger partial charge in [0.2, 0.25) is 0 Å². The van der Waals surface area contributed by atoms with E-state index in [1.54, 1.807) is 16.7 Å². The lowest BCUT2D eigenvalue weighted by Gasteiger charge is -2.28. The molecule has 18 heavy (non-hydrogen) atoms. The van der Waals surface area contributed by atoms with Crippen molar-refractivity contribution >= 4 is 12.0 Å². The molecule has 0 aromatic rings. The average Bonchev–Trinajstić information content (AvgIpc) is 2.94. The zero-order chi connectivity index (χ0) is 13.3. The van der Waals surface area contributed by atoms with Gasteiger partial charge >= 0.3 is 12.0 Å². The third kappa shape index (κ3) is 2.29. The fourth-order valence-electron chi connectivity index (χ4n) is 2.88. The van der Waals surface area contributed by atoms with Gasteiger partial charge in [-0.1, -0.05) is 0 Å². The number of aliphatic carboxylic acids is 1. The SMILES string of the molecule is CC1C(C(=O)O)CCN1C(=O)N1CCC(CO)C1. The second-order valence-electron chi connectivity index (χ2n) is 5.23. The second kappa shape index (κ2) is 5.14.